The second kappa shape index (κ2) is 9.58. The first kappa shape index (κ1) is 21.5. The molecule has 3 aromatic carbocycles. The van der Waals surface area contributed by atoms with Gasteiger partial charge in [0, 0.05) is 22.1 Å². The van der Waals surface area contributed by atoms with Crippen LogP contribution < -0.4 is 10.1 Å². The van der Waals surface area contributed by atoms with Gasteiger partial charge in [-0.2, -0.15) is 0 Å². The highest BCUT2D eigenvalue weighted by molar-refractivity contribution is 7.14. The first-order valence-corrected chi connectivity index (χ1v) is 11.0. The zero-order valence-electron chi connectivity index (χ0n) is 17.8. The third-order valence-electron chi connectivity index (χ3n) is 4.93. The summed E-state index contributed by atoms with van der Waals surface area (Å²) in [6.45, 7) is 3.69. The molecule has 0 spiro atoms. The minimum atomic E-state index is -0.293. The summed E-state index contributed by atoms with van der Waals surface area (Å²) in [4.78, 5) is 29.4. The van der Waals surface area contributed by atoms with Crippen LogP contribution in [0.4, 0.5) is 5.13 Å². The first-order valence-electron chi connectivity index (χ1n) is 10.2. The smallest absolute Gasteiger partial charge is 0.264 e. The predicted molar refractivity (Wildman–Crippen MR) is 127 cm³/mol. The number of aryl methyl sites for hydroxylation is 2. The van der Waals surface area contributed by atoms with Gasteiger partial charge in [0.05, 0.1) is 5.69 Å². The molecule has 4 aromatic rings. The molecule has 1 N–H and O–H groups in total. The van der Waals surface area contributed by atoms with Gasteiger partial charge in [0.1, 0.15) is 5.75 Å². The Hall–Kier alpha value is -3.77. The number of nitrogens with one attached hydrogen (secondary N) is 1. The zero-order chi connectivity index (χ0) is 22.5. The molecule has 5 nitrogen and oxygen atoms in total. The Morgan fingerprint density at radius 2 is 1.66 bits per heavy atom. The third-order valence-corrected chi connectivity index (χ3v) is 5.69. The fourth-order valence-corrected chi connectivity index (χ4v) is 3.93. The molecule has 0 aliphatic heterocycles. The van der Waals surface area contributed by atoms with Gasteiger partial charge in [0.2, 0.25) is 0 Å². The maximum absolute atomic E-state index is 12.7. The maximum atomic E-state index is 12.7. The molecule has 160 valence electrons. The van der Waals surface area contributed by atoms with Gasteiger partial charge in [-0.3, -0.25) is 14.9 Å². The summed E-state index contributed by atoms with van der Waals surface area (Å²) in [7, 11) is 0. The Morgan fingerprint density at radius 1 is 0.938 bits per heavy atom. The number of ether oxygens (including phenoxy) is 1. The Balaban J connectivity index is 1.35. The molecular weight excluding hydrogens is 420 g/mol. The Bertz CT molecular complexity index is 1250. The number of rotatable bonds is 7. The van der Waals surface area contributed by atoms with Crippen molar-refractivity contribution >= 4 is 28.2 Å². The van der Waals surface area contributed by atoms with Gasteiger partial charge in [0.15, 0.2) is 17.5 Å². The number of nitrogens with zero attached hydrogens (tertiary/aromatic N) is 1. The Labute approximate surface area is 190 Å². The predicted octanol–water partition coefficient (Wildman–Crippen LogP) is 5.68. The number of hydrogen-bond acceptors (Lipinski definition) is 5. The summed E-state index contributed by atoms with van der Waals surface area (Å²) in [5.41, 5.74) is 4.93. The Morgan fingerprint density at radius 3 is 2.38 bits per heavy atom. The van der Waals surface area contributed by atoms with Crippen LogP contribution in [0.15, 0.2) is 78.2 Å². The monoisotopic (exact) mass is 442 g/mol. The average Bonchev–Trinajstić information content (AvgIpc) is 3.27. The van der Waals surface area contributed by atoms with Crippen LogP contribution in [0.3, 0.4) is 0 Å². The summed E-state index contributed by atoms with van der Waals surface area (Å²) in [6.07, 6.45) is 0. The fraction of sp³-hybridized carbons (Fsp3) is 0.115. The number of ketones is 1. The number of aromatic nitrogens is 1. The van der Waals surface area contributed by atoms with E-state index in [-0.39, 0.29) is 18.3 Å². The maximum Gasteiger partial charge on any atom is 0.264 e. The van der Waals surface area contributed by atoms with Crippen LogP contribution in [0.1, 0.15) is 27.0 Å². The molecule has 1 heterocycles. The molecule has 0 aliphatic rings. The van der Waals surface area contributed by atoms with Crippen molar-refractivity contribution in [3.63, 3.8) is 0 Å². The van der Waals surface area contributed by atoms with E-state index in [0.29, 0.717) is 22.0 Å². The van der Waals surface area contributed by atoms with Crippen molar-refractivity contribution in [3.8, 4) is 17.0 Å². The Kier molecular flexibility index (Phi) is 6.42. The van der Waals surface area contributed by atoms with Crippen molar-refractivity contribution in [2.75, 3.05) is 11.9 Å². The summed E-state index contributed by atoms with van der Waals surface area (Å²) in [6, 6.07) is 22.5. The second-order valence-corrected chi connectivity index (χ2v) is 8.27. The normalized spacial score (nSPS) is 10.6. The fourth-order valence-electron chi connectivity index (χ4n) is 3.20. The van der Waals surface area contributed by atoms with Crippen molar-refractivity contribution in [3.05, 3.63) is 100 Å². The van der Waals surface area contributed by atoms with Crippen LogP contribution in [0.2, 0.25) is 0 Å². The molecule has 0 saturated heterocycles. The number of amides is 1. The highest BCUT2D eigenvalue weighted by Gasteiger charge is 2.13. The number of benzene rings is 3. The van der Waals surface area contributed by atoms with Crippen LogP contribution in [0.5, 0.6) is 5.75 Å². The molecule has 0 fully saturated rings. The van der Waals surface area contributed by atoms with Gasteiger partial charge in [-0.05, 0) is 37.6 Å². The molecule has 1 amide bonds. The van der Waals surface area contributed by atoms with Gasteiger partial charge in [-0.25, -0.2) is 4.98 Å². The minimum absolute atomic E-state index is 0.0459. The summed E-state index contributed by atoms with van der Waals surface area (Å²) >= 11 is 1.37. The molecule has 6 heteroatoms. The molecule has 0 aliphatic carbocycles. The standard InChI is InChI=1S/C26H22N2O3S/c1-17-8-10-20(11-9-17)25(30)21-12-13-23(18(2)14-21)31-15-24(29)28-26-27-22(16-32-26)19-6-4-3-5-7-19/h3-14,16H,15H2,1-2H3,(H,27,28,29). The van der Waals surface area contributed by atoms with Gasteiger partial charge in [-0.1, -0.05) is 60.2 Å². The molecule has 0 unspecified atom stereocenters. The van der Waals surface area contributed by atoms with Crippen molar-refractivity contribution in [1.82, 2.24) is 4.98 Å². The molecule has 32 heavy (non-hydrogen) atoms. The number of hydrogen-bond donors (Lipinski definition) is 1. The molecule has 0 atom stereocenters. The van der Waals surface area contributed by atoms with E-state index in [0.717, 1.165) is 22.4 Å². The van der Waals surface area contributed by atoms with Crippen LogP contribution >= 0.6 is 11.3 Å². The van der Waals surface area contributed by atoms with E-state index >= 15 is 0 Å². The van der Waals surface area contributed by atoms with Crippen molar-refractivity contribution in [2.45, 2.75) is 13.8 Å². The van der Waals surface area contributed by atoms with Gasteiger partial charge in [-0.15, -0.1) is 11.3 Å². The first-order chi connectivity index (χ1) is 15.5. The van der Waals surface area contributed by atoms with E-state index in [1.54, 1.807) is 18.2 Å². The number of carbonyl (C=O) groups excluding carboxylic acids is 2. The number of thiazole rings is 1. The average molecular weight is 443 g/mol. The van der Waals surface area contributed by atoms with E-state index in [1.165, 1.54) is 11.3 Å². The number of anilines is 1. The van der Waals surface area contributed by atoms with Gasteiger partial charge >= 0.3 is 0 Å². The van der Waals surface area contributed by atoms with Crippen molar-refractivity contribution in [2.24, 2.45) is 0 Å². The highest BCUT2D eigenvalue weighted by atomic mass is 32.1. The molecule has 1 aromatic heterocycles. The van der Waals surface area contributed by atoms with Crippen molar-refractivity contribution < 1.29 is 14.3 Å². The highest BCUT2D eigenvalue weighted by Crippen LogP contribution is 2.25. The lowest BCUT2D eigenvalue weighted by Crippen LogP contribution is -2.20. The van der Waals surface area contributed by atoms with E-state index < -0.39 is 0 Å². The SMILES string of the molecule is Cc1ccc(C(=O)c2ccc(OCC(=O)Nc3nc(-c4ccccc4)cs3)c(C)c2)cc1. The van der Waals surface area contributed by atoms with E-state index in [1.807, 2.05) is 73.8 Å². The minimum Gasteiger partial charge on any atom is -0.483 e. The molecular formula is C26H22N2O3S. The zero-order valence-corrected chi connectivity index (χ0v) is 18.6. The lowest BCUT2D eigenvalue weighted by Gasteiger charge is -2.10. The van der Waals surface area contributed by atoms with Gasteiger partial charge in [0.25, 0.3) is 5.91 Å². The van der Waals surface area contributed by atoms with E-state index in [4.69, 9.17) is 4.74 Å². The third kappa shape index (κ3) is 5.10. The lowest BCUT2D eigenvalue weighted by atomic mass is 10.0. The second-order valence-electron chi connectivity index (χ2n) is 7.42. The summed E-state index contributed by atoms with van der Waals surface area (Å²) < 4.78 is 5.67. The van der Waals surface area contributed by atoms with E-state index in [9.17, 15) is 9.59 Å². The van der Waals surface area contributed by atoms with Crippen LogP contribution in [0, 0.1) is 13.8 Å². The van der Waals surface area contributed by atoms with E-state index in [2.05, 4.69) is 10.3 Å². The van der Waals surface area contributed by atoms with Crippen molar-refractivity contribution in [1.29, 1.82) is 0 Å². The van der Waals surface area contributed by atoms with Gasteiger partial charge < -0.3 is 4.74 Å². The largest absolute Gasteiger partial charge is 0.483 e. The number of carbonyl (C=O) groups is 2. The molecule has 0 bridgehead atoms. The topological polar surface area (TPSA) is 68.3 Å². The summed E-state index contributed by atoms with van der Waals surface area (Å²) in [5.74, 6) is 0.221. The molecule has 4 rings (SSSR count). The molecule has 0 radical (unpaired) electrons. The van der Waals surface area contributed by atoms with Crippen LogP contribution in [0.25, 0.3) is 11.3 Å². The molecule has 0 saturated carbocycles. The van der Waals surface area contributed by atoms with Crippen LogP contribution in [-0.4, -0.2) is 23.3 Å². The summed E-state index contributed by atoms with van der Waals surface area (Å²) in [5, 5.41) is 5.19. The lowest BCUT2D eigenvalue weighted by molar-refractivity contribution is -0.118. The quantitative estimate of drug-likeness (QED) is 0.374. The van der Waals surface area contributed by atoms with Crippen LogP contribution in [-0.2, 0) is 4.79 Å².